The molecule has 1 aromatic rings. The number of Topliss-reactive ketones (excluding diaryl/α,β-unsaturated/α-hetero) is 1. The summed E-state index contributed by atoms with van der Waals surface area (Å²) in [5.41, 5.74) is 0. The lowest BCUT2D eigenvalue weighted by Gasteiger charge is -2.16. The van der Waals surface area contributed by atoms with Crippen LogP contribution in [-0.2, 0) is 0 Å². The normalized spacial score (nSPS) is 31.7. The number of hydrogen-bond donors (Lipinski definition) is 1. The summed E-state index contributed by atoms with van der Waals surface area (Å²) in [5.74, 6) is 2.09. The summed E-state index contributed by atoms with van der Waals surface area (Å²) in [6, 6.07) is 3.88. The maximum Gasteiger partial charge on any atom is 0.199 e. The molecule has 2 heterocycles. The lowest BCUT2D eigenvalue weighted by atomic mass is 9.91. The van der Waals surface area contributed by atoms with Crippen LogP contribution in [-0.4, -0.2) is 18.4 Å². The van der Waals surface area contributed by atoms with Crippen molar-refractivity contribution in [2.24, 2.45) is 11.8 Å². The summed E-state index contributed by atoms with van der Waals surface area (Å²) in [6.07, 6.45) is 4.50. The Labute approximate surface area is 109 Å². The minimum atomic E-state index is 0.112. The van der Waals surface area contributed by atoms with Crippen LogP contribution in [0.1, 0.15) is 36.2 Å². The molecule has 3 nitrogen and oxygen atoms in total. The van der Waals surface area contributed by atoms with Crippen LogP contribution in [0, 0.1) is 11.8 Å². The molecule has 3 unspecified atom stereocenters. The van der Waals surface area contributed by atoms with E-state index in [0.29, 0.717) is 28.8 Å². The molecule has 17 heavy (non-hydrogen) atoms. The minimum absolute atomic E-state index is 0.112. The average molecular weight is 298 g/mol. The third kappa shape index (κ3) is 2.20. The second-order valence-electron chi connectivity index (χ2n) is 5.10. The highest BCUT2D eigenvalue weighted by Gasteiger charge is 2.39. The molecule has 0 aromatic carbocycles. The molecular weight excluding hydrogens is 282 g/mol. The molecule has 2 fully saturated rings. The molecular formula is C13H16BrNO2. The van der Waals surface area contributed by atoms with Crippen LogP contribution in [0.4, 0.5) is 0 Å². The zero-order valence-electron chi connectivity index (χ0n) is 9.62. The molecule has 4 heteroatoms. The van der Waals surface area contributed by atoms with Gasteiger partial charge in [-0.1, -0.05) is 6.42 Å². The van der Waals surface area contributed by atoms with Gasteiger partial charge in [0.2, 0.25) is 0 Å². The molecule has 1 saturated carbocycles. The number of carbonyl (C=O) groups excluding carboxylic acids is 1. The van der Waals surface area contributed by atoms with Gasteiger partial charge in [0.25, 0.3) is 0 Å². The minimum Gasteiger partial charge on any atom is -0.446 e. The van der Waals surface area contributed by atoms with Gasteiger partial charge in [0.05, 0.1) is 0 Å². The van der Waals surface area contributed by atoms with Crippen LogP contribution in [0.15, 0.2) is 21.2 Å². The number of carbonyl (C=O) groups is 1. The Kier molecular flexibility index (Phi) is 3.09. The van der Waals surface area contributed by atoms with E-state index in [1.54, 1.807) is 12.1 Å². The lowest BCUT2D eigenvalue weighted by Crippen LogP contribution is -2.29. The molecule has 0 amide bonds. The molecule has 0 bridgehead atoms. The largest absolute Gasteiger partial charge is 0.446 e. The number of halogens is 1. The van der Waals surface area contributed by atoms with Crippen molar-refractivity contribution in [3.05, 3.63) is 22.6 Å². The number of fused-ring (bicyclic) bond motifs is 1. The third-order valence-corrected chi connectivity index (χ3v) is 4.56. The van der Waals surface area contributed by atoms with E-state index in [-0.39, 0.29) is 5.78 Å². The van der Waals surface area contributed by atoms with Gasteiger partial charge in [-0.3, -0.25) is 4.79 Å². The number of ketones is 1. The highest BCUT2D eigenvalue weighted by atomic mass is 79.9. The van der Waals surface area contributed by atoms with Gasteiger partial charge in [0, 0.05) is 12.5 Å². The predicted molar refractivity (Wildman–Crippen MR) is 68.0 cm³/mol. The van der Waals surface area contributed by atoms with Crippen LogP contribution < -0.4 is 5.32 Å². The number of rotatable bonds is 3. The Morgan fingerprint density at radius 1 is 1.47 bits per heavy atom. The quantitative estimate of drug-likeness (QED) is 0.872. The zero-order chi connectivity index (χ0) is 11.8. The molecule has 92 valence electrons. The first kappa shape index (κ1) is 11.5. The summed E-state index contributed by atoms with van der Waals surface area (Å²) in [4.78, 5) is 12.0. The molecule has 3 rings (SSSR count). The molecule has 1 aliphatic carbocycles. The molecule has 1 aliphatic heterocycles. The summed E-state index contributed by atoms with van der Waals surface area (Å²) in [5, 5.41) is 3.49. The maximum absolute atomic E-state index is 12.0. The molecule has 3 atom stereocenters. The fourth-order valence-electron chi connectivity index (χ4n) is 3.29. The first-order valence-electron chi connectivity index (χ1n) is 6.26. The van der Waals surface area contributed by atoms with Crippen molar-refractivity contribution in [1.29, 1.82) is 0 Å². The highest BCUT2D eigenvalue weighted by molar-refractivity contribution is 9.10. The molecule has 0 radical (unpaired) electrons. The van der Waals surface area contributed by atoms with Crippen molar-refractivity contribution in [3.63, 3.8) is 0 Å². The fourth-order valence-corrected chi connectivity index (χ4v) is 3.60. The number of hydrogen-bond acceptors (Lipinski definition) is 3. The number of furan rings is 1. The standard InChI is InChI=1S/C13H16BrNO2/c14-13-5-4-12(17-13)11(16)6-10-9-3-1-2-8(9)7-15-10/h4-5,8-10,15H,1-3,6-7H2. The van der Waals surface area contributed by atoms with Gasteiger partial charge in [-0.25, -0.2) is 0 Å². The average Bonchev–Trinajstić information content (AvgIpc) is 2.96. The van der Waals surface area contributed by atoms with E-state index in [1.165, 1.54) is 19.3 Å². The van der Waals surface area contributed by atoms with E-state index >= 15 is 0 Å². The first-order chi connectivity index (χ1) is 8.24. The van der Waals surface area contributed by atoms with Crippen LogP contribution in [0.5, 0.6) is 0 Å². The van der Waals surface area contributed by atoms with Crippen molar-refractivity contribution >= 4 is 21.7 Å². The molecule has 1 N–H and O–H groups in total. The Bertz CT molecular complexity index is 429. The van der Waals surface area contributed by atoms with E-state index in [1.807, 2.05) is 0 Å². The summed E-state index contributed by atoms with van der Waals surface area (Å²) in [6.45, 7) is 1.09. The molecule has 1 saturated heterocycles. The summed E-state index contributed by atoms with van der Waals surface area (Å²) in [7, 11) is 0. The maximum atomic E-state index is 12.0. The van der Waals surface area contributed by atoms with Crippen molar-refractivity contribution in [1.82, 2.24) is 5.32 Å². The smallest absolute Gasteiger partial charge is 0.199 e. The molecule has 2 aliphatic rings. The Balaban J connectivity index is 1.65. The summed E-state index contributed by atoms with van der Waals surface area (Å²) < 4.78 is 5.93. The zero-order valence-corrected chi connectivity index (χ0v) is 11.2. The SMILES string of the molecule is O=C(CC1NCC2CCCC21)c1ccc(Br)o1. The Morgan fingerprint density at radius 2 is 2.35 bits per heavy atom. The number of nitrogens with one attached hydrogen (secondary N) is 1. The predicted octanol–water partition coefficient (Wildman–Crippen LogP) is 3.00. The Hall–Kier alpha value is -0.610. The monoisotopic (exact) mass is 297 g/mol. The van der Waals surface area contributed by atoms with Gasteiger partial charge in [0.15, 0.2) is 16.2 Å². The van der Waals surface area contributed by atoms with Crippen molar-refractivity contribution in [3.8, 4) is 0 Å². The third-order valence-electron chi connectivity index (χ3n) is 4.13. The second-order valence-corrected chi connectivity index (χ2v) is 5.88. The highest BCUT2D eigenvalue weighted by Crippen LogP contribution is 2.39. The van der Waals surface area contributed by atoms with E-state index in [2.05, 4.69) is 21.2 Å². The lowest BCUT2D eigenvalue weighted by molar-refractivity contribution is 0.0935. The topological polar surface area (TPSA) is 42.2 Å². The van der Waals surface area contributed by atoms with Crippen LogP contribution >= 0.6 is 15.9 Å². The van der Waals surface area contributed by atoms with Gasteiger partial charge in [0.1, 0.15) is 0 Å². The van der Waals surface area contributed by atoms with Crippen LogP contribution in [0.3, 0.4) is 0 Å². The van der Waals surface area contributed by atoms with E-state index in [4.69, 9.17) is 4.42 Å². The van der Waals surface area contributed by atoms with Gasteiger partial charge >= 0.3 is 0 Å². The van der Waals surface area contributed by atoms with Crippen LogP contribution in [0.2, 0.25) is 0 Å². The van der Waals surface area contributed by atoms with Gasteiger partial charge < -0.3 is 9.73 Å². The van der Waals surface area contributed by atoms with Crippen molar-refractivity contribution < 1.29 is 9.21 Å². The van der Waals surface area contributed by atoms with Crippen molar-refractivity contribution in [2.75, 3.05) is 6.54 Å². The van der Waals surface area contributed by atoms with E-state index in [0.717, 1.165) is 12.5 Å². The fraction of sp³-hybridized carbons (Fsp3) is 0.615. The Morgan fingerprint density at radius 3 is 3.12 bits per heavy atom. The van der Waals surface area contributed by atoms with E-state index < -0.39 is 0 Å². The van der Waals surface area contributed by atoms with Gasteiger partial charge in [-0.05, 0) is 59.3 Å². The van der Waals surface area contributed by atoms with Gasteiger partial charge in [-0.2, -0.15) is 0 Å². The second kappa shape index (κ2) is 4.58. The first-order valence-corrected chi connectivity index (χ1v) is 7.05. The molecule has 1 aromatic heterocycles. The van der Waals surface area contributed by atoms with Crippen LogP contribution in [0.25, 0.3) is 0 Å². The summed E-state index contributed by atoms with van der Waals surface area (Å²) >= 11 is 3.22. The van der Waals surface area contributed by atoms with Gasteiger partial charge in [-0.15, -0.1) is 0 Å². The van der Waals surface area contributed by atoms with Crippen molar-refractivity contribution in [2.45, 2.75) is 31.7 Å². The van der Waals surface area contributed by atoms with E-state index in [9.17, 15) is 4.79 Å². The molecule has 0 spiro atoms.